The number of nitrogens with two attached hydrogens (primary N) is 1. The van der Waals surface area contributed by atoms with Crippen LogP contribution < -0.4 is 5.73 Å². The Bertz CT molecular complexity index is 916. The number of hydrogen-bond donors (Lipinski definition) is 1. The third-order valence-electron chi connectivity index (χ3n) is 4.37. The van der Waals surface area contributed by atoms with E-state index >= 15 is 0 Å². The average molecular weight is 403 g/mol. The van der Waals surface area contributed by atoms with Gasteiger partial charge in [-0.2, -0.15) is 0 Å². The zero-order chi connectivity index (χ0) is 20.3. The Morgan fingerprint density at radius 2 is 1.89 bits per heavy atom. The molecule has 2 aromatic carbocycles. The average Bonchev–Trinajstić information content (AvgIpc) is 3.50. The molecule has 0 radical (unpaired) electrons. The first kappa shape index (κ1) is 19.8. The van der Waals surface area contributed by atoms with E-state index in [9.17, 15) is 24.1 Å². The molecule has 0 unspecified atom stereocenters. The molecule has 0 aliphatic heterocycles. The highest BCUT2D eigenvalue weighted by atomic mass is 32.2. The normalized spacial score (nSPS) is 13.2. The molecule has 0 spiro atoms. The van der Waals surface area contributed by atoms with E-state index in [1.807, 2.05) is 0 Å². The third-order valence-corrected chi connectivity index (χ3v) is 5.41. The summed E-state index contributed by atoms with van der Waals surface area (Å²) >= 11 is 1.05. The summed E-state index contributed by atoms with van der Waals surface area (Å²) in [5.41, 5.74) is 5.77. The number of amides is 2. The van der Waals surface area contributed by atoms with Gasteiger partial charge in [-0.05, 0) is 42.7 Å². The predicted octanol–water partition coefficient (Wildman–Crippen LogP) is 3.12. The van der Waals surface area contributed by atoms with Crippen molar-refractivity contribution < 1.29 is 18.9 Å². The molecular formula is C19H18FN3O4S. The molecule has 0 heterocycles. The summed E-state index contributed by atoms with van der Waals surface area (Å²) in [5, 5.41) is 11.3. The van der Waals surface area contributed by atoms with Crippen LogP contribution in [0.5, 0.6) is 0 Å². The molecule has 0 atom stereocenters. The summed E-state index contributed by atoms with van der Waals surface area (Å²) in [6, 6.07) is 10.1. The molecular weight excluding hydrogens is 385 g/mol. The fraction of sp³-hybridized carbons (Fsp3) is 0.263. The maximum atomic E-state index is 13.1. The second-order valence-corrected chi connectivity index (χ2v) is 7.49. The fourth-order valence-electron chi connectivity index (χ4n) is 2.75. The first-order valence-electron chi connectivity index (χ1n) is 8.60. The number of primary amides is 1. The van der Waals surface area contributed by atoms with Gasteiger partial charge >= 0.3 is 0 Å². The van der Waals surface area contributed by atoms with Gasteiger partial charge in [0.05, 0.1) is 15.6 Å². The molecule has 146 valence electrons. The molecule has 1 saturated carbocycles. The number of nitro benzene ring substituents is 1. The minimum absolute atomic E-state index is 0.0223. The fourth-order valence-corrected chi connectivity index (χ4v) is 3.64. The number of carbonyl (C=O) groups is 2. The van der Waals surface area contributed by atoms with Crippen LogP contribution in [-0.2, 0) is 11.3 Å². The van der Waals surface area contributed by atoms with E-state index in [4.69, 9.17) is 5.73 Å². The molecule has 1 aliphatic carbocycles. The summed E-state index contributed by atoms with van der Waals surface area (Å²) in [5.74, 6) is -1.22. The van der Waals surface area contributed by atoms with Crippen LogP contribution in [0.3, 0.4) is 0 Å². The maximum absolute atomic E-state index is 13.1. The molecule has 2 amide bonds. The Kier molecular flexibility index (Phi) is 5.93. The van der Waals surface area contributed by atoms with E-state index < -0.39 is 10.8 Å². The Morgan fingerprint density at radius 1 is 1.21 bits per heavy atom. The lowest BCUT2D eigenvalue weighted by molar-refractivity contribution is -0.387. The molecule has 1 aliphatic rings. The second kappa shape index (κ2) is 8.39. The number of nitrogens with zero attached hydrogens (tertiary/aromatic N) is 2. The number of benzene rings is 2. The van der Waals surface area contributed by atoms with Crippen molar-refractivity contribution in [3.63, 3.8) is 0 Å². The highest BCUT2D eigenvalue weighted by Crippen LogP contribution is 2.33. The molecule has 0 aromatic heterocycles. The van der Waals surface area contributed by atoms with Crippen molar-refractivity contribution in [2.75, 3.05) is 5.75 Å². The molecule has 0 saturated heterocycles. The third kappa shape index (κ3) is 4.86. The summed E-state index contributed by atoms with van der Waals surface area (Å²) in [7, 11) is 0. The van der Waals surface area contributed by atoms with E-state index in [1.165, 1.54) is 24.3 Å². The van der Waals surface area contributed by atoms with Crippen molar-refractivity contribution in [2.45, 2.75) is 30.3 Å². The van der Waals surface area contributed by atoms with Crippen molar-refractivity contribution in [3.8, 4) is 0 Å². The predicted molar refractivity (Wildman–Crippen MR) is 102 cm³/mol. The van der Waals surface area contributed by atoms with Gasteiger partial charge in [-0.25, -0.2) is 4.39 Å². The van der Waals surface area contributed by atoms with Crippen LogP contribution in [0.25, 0.3) is 0 Å². The smallest absolute Gasteiger partial charge is 0.283 e. The van der Waals surface area contributed by atoms with E-state index in [0.717, 1.165) is 36.2 Å². The lowest BCUT2D eigenvalue weighted by atomic mass is 10.2. The van der Waals surface area contributed by atoms with Crippen LogP contribution in [0, 0.1) is 15.9 Å². The minimum Gasteiger partial charge on any atom is -0.366 e. The Hall–Kier alpha value is -2.94. The van der Waals surface area contributed by atoms with Crippen LogP contribution in [0.15, 0.2) is 47.4 Å². The maximum Gasteiger partial charge on any atom is 0.283 e. The Balaban J connectivity index is 1.70. The summed E-state index contributed by atoms with van der Waals surface area (Å²) in [6.07, 6.45) is 1.82. The van der Waals surface area contributed by atoms with E-state index in [1.54, 1.807) is 17.0 Å². The number of thioether (sulfide) groups is 1. The SMILES string of the molecule is NC(=O)c1ccc(SCC(=O)N(Cc2ccc(F)cc2)C2CC2)c([N+](=O)[O-])c1. The Labute approximate surface area is 164 Å². The zero-order valence-corrected chi connectivity index (χ0v) is 15.7. The molecule has 1 fully saturated rings. The number of carbonyl (C=O) groups excluding carboxylic acids is 2. The largest absolute Gasteiger partial charge is 0.366 e. The van der Waals surface area contributed by atoms with E-state index in [0.29, 0.717) is 11.4 Å². The minimum atomic E-state index is -0.755. The quantitative estimate of drug-likeness (QED) is 0.414. The molecule has 28 heavy (non-hydrogen) atoms. The first-order chi connectivity index (χ1) is 13.3. The summed E-state index contributed by atoms with van der Waals surface area (Å²) in [6.45, 7) is 0.368. The highest BCUT2D eigenvalue weighted by Gasteiger charge is 2.32. The van der Waals surface area contributed by atoms with E-state index in [-0.39, 0.29) is 34.8 Å². The zero-order valence-electron chi connectivity index (χ0n) is 14.8. The number of halogens is 1. The monoisotopic (exact) mass is 403 g/mol. The van der Waals surface area contributed by atoms with E-state index in [2.05, 4.69) is 0 Å². The standard InChI is InChI=1S/C19H18FN3O4S/c20-14-4-1-12(2-5-14)10-22(15-6-7-15)18(24)11-28-17-8-3-13(19(21)25)9-16(17)23(26)27/h1-5,8-9,15H,6-7,10-11H2,(H2,21,25). The summed E-state index contributed by atoms with van der Waals surface area (Å²) < 4.78 is 13.1. The molecule has 3 rings (SSSR count). The van der Waals surface area contributed by atoms with Gasteiger partial charge in [0.15, 0.2) is 0 Å². The van der Waals surface area contributed by atoms with Gasteiger partial charge in [0, 0.05) is 24.2 Å². The first-order valence-corrected chi connectivity index (χ1v) is 9.58. The van der Waals surface area contributed by atoms with Crippen molar-refractivity contribution in [1.29, 1.82) is 0 Å². The van der Waals surface area contributed by atoms with Crippen LogP contribution in [-0.4, -0.2) is 33.4 Å². The van der Waals surface area contributed by atoms with Gasteiger partial charge in [-0.1, -0.05) is 12.1 Å². The molecule has 7 nitrogen and oxygen atoms in total. The lowest BCUT2D eigenvalue weighted by Crippen LogP contribution is -2.34. The second-order valence-electron chi connectivity index (χ2n) is 6.47. The van der Waals surface area contributed by atoms with Crippen molar-refractivity contribution >= 4 is 29.3 Å². The lowest BCUT2D eigenvalue weighted by Gasteiger charge is -2.22. The van der Waals surface area contributed by atoms with Crippen LogP contribution in [0.4, 0.5) is 10.1 Å². The summed E-state index contributed by atoms with van der Waals surface area (Å²) in [4.78, 5) is 36.6. The number of rotatable bonds is 8. The number of hydrogen-bond acceptors (Lipinski definition) is 5. The van der Waals surface area contributed by atoms with Crippen molar-refractivity contribution in [1.82, 2.24) is 4.90 Å². The van der Waals surface area contributed by atoms with Gasteiger partial charge in [0.25, 0.3) is 5.69 Å². The van der Waals surface area contributed by atoms with Crippen LogP contribution in [0.1, 0.15) is 28.8 Å². The van der Waals surface area contributed by atoms with Crippen molar-refractivity contribution in [2.24, 2.45) is 5.73 Å². The van der Waals surface area contributed by atoms with Gasteiger partial charge in [0.1, 0.15) is 5.82 Å². The van der Waals surface area contributed by atoms with Crippen LogP contribution >= 0.6 is 11.8 Å². The molecule has 9 heteroatoms. The molecule has 2 aromatic rings. The Morgan fingerprint density at radius 3 is 2.46 bits per heavy atom. The van der Waals surface area contributed by atoms with Crippen molar-refractivity contribution in [3.05, 3.63) is 69.5 Å². The number of nitro groups is 1. The highest BCUT2D eigenvalue weighted by molar-refractivity contribution is 8.00. The molecule has 0 bridgehead atoms. The van der Waals surface area contributed by atoms with Gasteiger partial charge in [0.2, 0.25) is 11.8 Å². The van der Waals surface area contributed by atoms with Crippen LogP contribution in [0.2, 0.25) is 0 Å². The van der Waals surface area contributed by atoms with Gasteiger partial charge in [-0.15, -0.1) is 11.8 Å². The van der Waals surface area contributed by atoms with Gasteiger partial charge in [-0.3, -0.25) is 19.7 Å². The topological polar surface area (TPSA) is 107 Å². The molecule has 2 N–H and O–H groups in total. The van der Waals surface area contributed by atoms with Gasteiger partial charge < -0.3 is 10.6 Å².